The zero-order chi connectivity index (χ0) is 16.2. The van der Waals surface area contributed by atoms with E-state index in [2.05, 4.69) is 12.1 Å². The second-order valence-electron chi connectivity index (χ2n) is 5.57. The highest BCUT2D eigenvalue weighted by atomic mass is 16.5. The van der Waals surface area contributed by atoms with Gasteiger partial charge in [-0.2, -0.15) is 0 Å². The summed E-state index contributed by atoms with van der Waals surface area (Å²) in [5.74, 6) is 1.20. The van der Waals surface area contributed by atoms with E-state index in [0.29, 0.717) is 17.2 Å². The van der Waals surface area contributed by atoms with Crippen LogP contribution in [0.25, 0.3) is 22.6 Å². The lowest BCUT2D eigenvalue weighted by atomic mass is 10.0. The number of aryl methyl sites for hydroxylation is 1. The average Bonchev–Trinajstić information content (AvgIpc) is 3.05. The number of unbranched alkanes of at least 4 members (excludes halogenated alkanes) is 1. The fourth-order valence-electron chi connectivity index (χ4n) is 2.49. The third-order valence-electron chi connectivity index (χ3n) is 3.84. The first-order valence-corrected chi connectivity index (χ1v) is 7.75. The molecule has 0 aliphatic heterocycles. The Morgan fingerprint density at radius 1 is 0.957 bits per heavy atom. The summed E-state index contributed by atoms with van der Waals surface area (Å²) in [6.45, 7) is 2.13. The Balaban J connectivity index is 1.89. The highest BCUT2D eigenvalue weighted by molar-refractivity contribution is 5.68. The maximum atomic E-state index is 9.95. The number of aromatic hydroxyl groups is 2. The summed E-state index contributed by atoms with van der Waals surface area (Å²) in [5, 5.41) is 23.4. The topological polar surface area (TPSA) is 66.5 Å². The van der Waals surface area contributed by atoms with E-state index < -0.39 is 0 Å². The molecule has 0 amide bonds. The SMILES string of the molecule is CCCCc1cc(-c2cc(-c3ccc(O)cc3)no2)ccc1O. The van der Waals surface area contributed by atoms with Crippen LogP contribution in [0.1, 0.15) is 25.3 Å². The molecular formula is C19H19NO3. The molecule has 0 radical (unpaired) electrons. The first-order valence-electron chi connectivity index (χ1n) is 7.75. The summed E-state index contributed by atoms with van der Waals surface area (Å²) in [6.07, 6.45) is 2.96. The fourth-order valence-corrected chi connectivity index (χ4v) is 2.49. The van der Waals surface area contributed by atoms with Crippen LogP contribution in [0.5, 0.6) is 11.5 Å². The molecule has 2 aromatic carbocycles. The first kappa shape index (κ1) is 15.2. The van der Waals surface area contributed by atoms with E-state index in [-0.39, 0.29) is 5.75 Å². The summed E-state index contributed by atoms with van der Waals surface area (Å²) in [5.41, 5.74) is 3.41. The van der Waals surface area contributed by atoms with Gasteiger partial charge in [0.2, 0.25) is 0 Å². The Morgan fingerprint density at radius 3 is 2.43 bits per heavy atom. The number of nitrogens with zero attached hydrogens (tertiary/aromatic N) is 1. The summed E-state index contributed by atoms with van der Waals surface area (Å²) >= 11 is 0. The Morgan fingerprint density at radius 2 is 1.70 bits per heavy atom. The highest BCUT2D eigenvalue weighted by Gasteiger charge is 2.11. The van der Waals surface area contributed by atoms with Crippen molar-refractivity contribution in [3.63, 3.8) is 0 Å². The van der Waals surface area contributed by atoms with Gasteiger partial charge in [0.05, 0.1) is 0 Å². The minimum atomic E-state index is 0.219. The molecule has 0 fully saturated rings. The van der Waals surface area contributed by atoms with Crippen LogP contribution in [0.2, 0.25) is 0 Å². The maximum Gasteiger partial charge on any atom is 0.167 e. The molecule has 3 rings (SSSR count). The number of hydrogen-bond acceptors (Lipinski definition) is 4. The zero-order valence-electron chi connectivity index (χ0n) is 13.0. The zero-order valence-corrected chi connectivity index (χ0v) is 13.0. The van der Waals surface area contributed by atoms with E-state index in [9.17, 15) is 10.2 Å². The Kier molecular flexibility index (Phi) is 4.33. The van der Waals surface area contributed by atoms with Crippen LogP contribution in [-0.2, 0) is 6.42 Å². The van der Waals surface area contributed by atoms with E-state index >= 15 is 0 Å². The van der Waals surface area contributed by atoms with Crippen LogP contribution in [0, 0.1) is 0 Å². The number of benzene rings is 2. The molecule has 0 saturated heterocycles. The van der Waals surface area contributed by atoms with Gasteiger partial charge in [0.15, 0.2) is 5.76 Å². The fraction of sp³-hybridized carbons (Fsp3) is 0.211. The number of hydrogen-bond donors (Lipinski definition) is 2. The van der Waals surface area contributed by atoms with Crippen LogP contribution in [0.3, 0.4) is 0 Å². The minimum absolute atomic E-state index is 0.219. The predicted octanol–water partition coefficient (Wildman–Crippen LogP) is 4.76. The van der Waals surface area contributed by atoms with Crippen LogP contribution in [-0.4, -0.2) is 15.4 Å². The first-order chi connectivity index (χ1) is 11.2. The molecule has 0 aliphatic rings. The molecule has 4 heteroatoms. The summed E-state index contributed by atoms with van der Waals surface area (Å²) in [7, 11) is 0. The molecular weight excluding hydrogens is 290 g/mol. The molecule has 0 bridgehead atoms. The molecule has 1 aromatic heterocycles. The monoisotopic (exact) mass is 309 g/mol. The van der Waals surface area contributed by atoms with Crippen LogP contribution in [0.15, 0.2) is 53.1 Å². The summed E-state index contributed by atoms with van der Waals surface area (Å²) in [4.78, 5) is 0. The van der Waals surface area contributed by atoms with Gasteiger partial charge >= 0.3 is 0 Å². The molecule has 2 N–H and O–H groups in total. The molecule has 23 heavy (non-hydrogen) atoms. The number of aromatic nitrogens is 1. The van der Waals surface area contributed by atoms with Crippen molar-refractivity contribution in [2.75, 3.05) is 0 Å². The van der Waals surface area contributed by atoms with Gasteiger partial charge < -0.3 is 14.7 Å². The van der Waals surface area contributed by atoms with Gasteiger partial charge in [-0.1, -0.05) is 18.5 Å². The molecule has 0 spiro atoms. The third-order valence-corrected chi connectivity index (χ3v) is 3.84. The molecule has 118 valence electrons. The lowest BCUT2D eigenvalue weighted by molar-refractivity contribution is 0.434. The van der Waals surface area contributed by atoms with Crippen LogP contribution < -0.4 is 0 Å². The van der Waals surface area contributed by atoms with Crippen LogP contribution >= 0.6 is 0 Å². The maximum absolute atomic E-state index is 9.95. The molecule has 0 aliphatic carbocycles. The Hall–Kier alpha value is -2.75. The van der Waals surface area contributed by atoms with Crippen molar-refractivity contribution in [3.8, 4) is 34.1 Å². The Bertz CT molecular complexity index is 791. The quantitative estimate of drug-likeness (QED) is 0.713. The normalized spacial score (nSPS) is 10.8. The van der Waals surface area contributed by atoms with Crippen molar-refractivity contribution in [3.05, 3.63) is 54.1 Å². The van der Waals surface area contributed by atoms with Gasteiger partial charge in [-0.15, -0.1) is 0 Å². The number of phenolic OH excluding ortho intramolecular Hbond substituents is 2. The van der Waals surface area contributed by atoms with Crippen molar-refractivity contribution >= 4 is 0 Å². The molecule has 0 atom stereocenters. The van der Waals surface area contributed by atoms with Crippen molar-refractivity contribution < 1.29 is 14.7 Å². The van der Waals surface area contributed by atoms with Gasteiger partial charge in [0, 0.05) is 17.2 Å². The van der Waals surface area contributed by atoms with E-state index in [1.807, 2.05) is 18.2 Å². The van der Waals surface area contributed by atoms with Gasteiger partial charge in [-0.3, -0.25) is 0 Å². The lowest BCUT2D eigenvalue weighted by Crippen LogP contribution is -1.87. The number of rotatable bonds is 5. The molecule has 0 unspecified atom stereocenters. The average molecular weight is 309 g/mol. The third kappa shape index (κ3) is 3.37. The standard InChI is InChI=1S/C19H19NO3/c1-2-3-4-14-11-15(7-10-18(14)22)19-12-17(20-23-19)13-5-8-16(21)9-6-13/h5-12,21-22H,2-4H2,1H3. The highest BCUT2D eigenvalue weighted by Crippen LogP contribution is 2.30. The second-order valence-corrected chi connectivity index (χ2v) is 5.57. The molecule has 3 aromatic rings. The molecule has 0 saturated carbocycles. The molecule has 4 nitrogen and oxygen atoms in total. The lowest BCUT2D eigenvalue weighted by Gasteiger charge is -2.05. The van der Waals surface area contributed by atoms with E-state index in [4.69, 9.17) is 4.52 Å². The van der Waals surface area contributed by atoms with Gasteiger partial charge in [0.25, 0.3) is 0 Å². The van der Waals surface area contributed by atoms with E-state index in [1.54, 1.807) is 30.3 Å². The van der Waals surface area contributed by atoms with Crippen molar-refractivity contribution in [1.82, 2.24) is 5.16 Å². The van der Waals surface area contributed by atoms with E-state index in [1.165, 1.54) is 0 Å². The van der Waals surface area contributed by atoms with Crippen molar-refractivity contribution in [1.29, 1.82) is 0 Å². The van der Waals surface area contributed by atoms with Crippen molar-refractivity contribution in [2.45, 2.75) is 26.2 Å². The molecule has 1 heterocycles. The smallest absolute Gasteiger partial charge is 0.167 e. The predicted molar refractivity (Wildman–Crippen MR) is 89.3 cm³/mol. The summed E-state index contributed by atoms with van der Waals surface area (Å²) < 4.78 is 5.44. The van der Waals surface area contributed by atoms with Gasteiger partial charge in [-0.05, 0) is 60.9 Å². The van der Waals surface area contributed by atoms with Crippen LogP contribution in [0.4, 0.5) is 0 Å². The van der Waals surface area contributed by atoms with Gasteiger partial charge in [-0.25, -0.2) is 0 Å². The Labute approximate surface area is 135 Å². The second kappa shape index (κ2) is 6.57. The van der Waals surface area contributed by atoms with Crippen molar-refractivity contribution in [2.24, 2.45) is 0 Å². The minimum Gasteiger partial charge on any atom is -0.508 e. The number of phenols is 2. The van der Waals surface area contributed by atoms with Gasteiger partial charge in [0.1, 0.15) is 17.2 Å². The summed E-state index contributed by atoms with van der Waals surface area (Å²) in [6, 6.07) is 14.2. The largest absolute Gasteiger partial charge is 0.508 e. The van der Waals surface area contributed by atoms with E-state index in [0.717, 1.165) is 36.0 Å².